The van der Waals surface area contributed by atoms with Crippen molar-refractivity contribution in [2.24, 2.45) is 0 Å². The van der Waals surface area contributed by atoms with E-state index in [9.17, 15) is 5.11 Å². The highest BCUT2D eigenvalue weighted by atomic mass is 16.3. The summed E-state index contributed by atoms with van der Waals surface area (Å²) in [7, 11) is 2.09. The predicted molar refractivity (Wildman–Crippen MR) is 68.4 cm³/mol. The van der Waals surface area contributed by atoms with Crippen molar-refractivity contribution < 1.29 is 5.11 Å². The summed E-state index contributed by atoms with van der Waals surface area (Å²) >= 11 is 0. The third-order valence-electron chi connectivity index (χ3n) is 3.07. The average Bonchev–Trinajstić information content (AvgIpc) is 2.31. The second-order valence-corrected chi connectivity index (χ2v) is 4.31. The molecule has 1 N–H and O–H groups in total. The normalized spacial score (nSPS) is 15.1. The minimum Gasteiger partial charge on any atom is -0.387 e. The Labute approximate surface area is 98.9 Å². The van der Waals surface area contributed by atoms with E-state index in [1.54, 1.807) is 0 Å². The molecule has 0 aliphatic heterocycles. The van der Waals surface area contributed by atoms with Crippen molar-refractivity contribution >= 4 is 0 Å². The zero-order valence-electron chi connectivity index (χ0n) is 10.6. The molecule has 0 heterocycles. The first-order valence-corrected chi connectivity index (χ1v) is 6.13. The maximum atomic E-state index is 10.3. The second kappa shape index (κ2) is 6.66. The van der Waals surface area contributed by atoms with Gasteiger partial charge in [-0.15, -0.1) is 0 Å². The lowest BCUT2D eigenvalue weighted by molar-refractivity contribution is 0.0602. The van der Waals surface area contributed by atoms with Gasteiger partial charge in [-0.3, -0.25) is 0 Å². The van der Waals surface area contributed by atoms with E-state index in [0.29, 0.717) is 0 Å². The van der Waals surface area contributed by atoms with Crippen LogP contribution < -0.4 is 0 Å². The minimum atomic E-state index is -0.386. The van der Waals surface area contributed by atoms with Crippen LogP contribution in [-0.4, -0.2) is 29.6 Å². The number of likely N-dealkylation sites (N-methyl/N-ethyl adjacent to an activating group) is 1. The molecule has 1 rings (SSSR count). The molecule has 0 fully saturated rings. The monoisotopic (exact) mass is 221 g/mol. The Balaban J connectivity index is 2.73. The van der Waals surface area contributed by atoms with Crippen LogP contribution in [0.15, 0.2) is 30.3 Å². The van der Waals surface area contributed by atoms with Crippen LogP contribution >= 0.6 is 0 Å². The van der Waals surface area contributed by atoms with Crippen molar-refractivity contribution in [2.45, 2.75) is 38.8 Å². The maximum Gasteiger partial charge on any atom is 0.0944 e. The molecule has 0 spiro atoms. The number of hydrogen-bond donors (Lipinski definition) is 1. The first kappa shape index (κ1) is 13.2. The van der Waals surface area contributed by atoms with E-state index < -0.39 is 0 Å². The van der Waals surface area contributed by atoms with Crippen LogP contribution in [0.25, 0.3) is 0 Å². The molecule has 0 aliphatic carbocycles. The Morgan fingerprint density at radius 3 is 2.31 bits per heavy atom. The summed E-state index contributed by atoms with van der Waals surface area (Å²) in [5.74, 6) is 0. The summed E-state index contributed by atoms with van der Waals surface area (Å²) in [5.41, 5.74) is 1.01. The zero-order valence-corrected chi connectivity index (χ0v) is 10.6. The van der Waals surface area contributed by atoms with Gasteiger partial charge >= 0.3 is 0 Å². The average molecular weight is 221 g/mol. The second-order valence-electron chi connectivity index (χ2n) is 4.31. The Morgan fingerprint density at radius 1 is 1.19 bits per heavy atom. The first-order valence-electron chi connectivity index (χ1n) is 6.13. The highest BCUT2D eigenvalue weighted by Crippen LogP contribution is 2.22. The van der Waals surface area contributed by atoms with Gasteiger partial charge in [0.1, 0.15) is 0 Å². The van der Waals surface area contributed by atoms with Crippen LogP contribution in [0.4, 0.5) is 0 Å². The van der Waals surface area contributed by atoms with Gasteiger partial charge in [0.05, 0.1) is 6.10 Å². The summed E-state index contributed by atoms with van der Waals surface area (Å²) < 4.78 is 0. The maximum absolute atomic E-state index is 10.3. The first-order chi connectivity index (χ1) is 7.70. The molecule has 1 aromatic carbocycles. The van der Waals surface area contributed by atoms with Crippen LogP contribution in [0.5, 0.6) is 0 Å². The lowest BCUT2D eigenvalue weighted by atomic mass is 9.99. The Bertz CT molecular complexity index is 286. The molecule has 0 amide bonds. The largest absolute Gasteiger partial charge is 0.387 e. The Hall–Kier alpha value is -0.860. The molecule has 2 atom stereocenters. The fourth-order valence-corrected chi connectivity index (χ4v) is 2.17. The SMILES string of the molecule is CCCN(C)C(CC)C(O)c1ccccc1. The molecule has 2 nitrogen and oxygen atoms in total. The quantitative estimate of drug-likeness (QED) is 0.798. The summed E-state index contributed by atoms with van der Waals surface area (Å²) in [6, 6.07) is 10.1. The molecule has 0 aliphatic rings. The van der Waals surface area contributed by atoms with Gasteiger partial charge in [0.15, 0.2) is 0 Å². The van der Waals surface area contributed by atoms with E-state index in [-0.39, 0.29) is 12.1 Å². The zero-order chi connectivity index (χ0) is 12.0. The lowest BCUT2D eigenvalue weighted by Crippen LogP contribution is -2.36. The van der Waals surface area contributed by atoms with Gasteiger partial charge in [-0.1, -0.05) is 44.2 Å². The molecular weight excluding hydrogens is 198 g/mol. The Morgan fingerprint density at radius 2 is 1.81 bits per heavy atom. The molecule has 90 valence electrons. The van der Waals surface area contributed by atoms with Gasteiger partial charge in [0.2, 0.25) is 0 Å². The molecule has 0 saturated carbocycles. The third kappa shape index (κ3) is 3.32. The van der Waals surface area contributed by atoms with Crippen molar-refractivity contribution in [1.82, 2.24) is 4.90 Å². The van der Waals surface area contributed by atoms with Gasteiger partial charge < -0.3 is 10.0 Å². The molecule has 16 heavy (non-hydrogen) atoms. The van der Waals surface area contributed by atoms with Crippen molar-refractivity contribution in [3.63, 3.8) is 0 Å². The molecule has 0 radical (unpaired) electrons. The van der Waals surface area contributed by atoms with E-state index >= 15 is 0 Å². The predicted octanol–water partition coefficient (Wildman–Crippen LogP) is 2.84. The van der Waals surface area contributed by atoms with Crippen LogP contribution in [-0.2, 0) is 0 Å². The van der Waals surface area contributed by atoms with Gasteiger partial charge in [0, 0.05) is 6.04 Å². The molecule has 2 heteroatoms. The van der Waals surface area contributed by atoms with Crippen LogP contribution in [0.2, 0.25) is 0 Å². The smallest absolute Gasteiger partial charge is 0.0944 e. The summed E-state index contributed by atoms with van der Waals surface area (Å²) in [6.45, 7) is 5.32. The number of rotatable bonds is 6. The fraction of sp³-hybridized carbons (Fsp3) is 0.571. The number of hydrogen-bond acceptors (Lipinski definition) is 2. The summed E-state index contributed by atoms with van der Waals surface area (Å²) in [6.07, 6.45) is 1.70. The van der Waals surface area contributed by atoms with Gasteiger partial charge in [-0.05, 0) is 32.0 Å². The minimum absolute atomic E-state index is 0.211. The molecule has 2 unspecified atom stereocenters. The number of aliphatic hydroxyl groups is 1. The number of nitrogens with zero attached hydrogens (tertiary/aromatic N) is 1. The van der Waals surface area contributed by atoms with E-state index in [2.05, 4.69) is 25.8 Å². The molecule has 0 bridgehead atoms. The van der Waals surface area contributed by atoms with Gasteiger partial charge in [-0.25, -0.2) is 0 Å². The van der Waals surface area contributed by atoms with Crippen molar-refractivity contribution in [2.75, 3.05) is 13.6 Å². The lowest BCUT2D eigenvalue weighted by Gasteiger charge is -2.31. The van der Waals surface area contributed by atoms with Crippen molar-refractivity contribution in [1.29, 1.82) is 0 Å². The number of aliphatic hydroxyl groups excluding tert-OH is 1. The van der Waals surface area contributed by atoms with Crippen LogP contribution in [0.1, 0.15) is 38.4 Å². The third-order valence-corrected chi connectivity index (χ3v) is 3.07. The standard InChI is InChI=1S/C14H23NO/c1-4-11-15(3)13(5-2)14(16)12-9-7-6-8-10-12/h6-10,13-14,16H,4-5,11H2,1-3H3. The van der Waals surface area contributed by atoms with Gasteiger partial charge in [-0.2, -0.15) is 0 Å². The van der Waals surface area contributed by atoms with Crippen LogP contribution in [0, 0.1) is 0 Å². The molecular formula is C14H23NO. The van der Waals surface area contributed by atoms with E-state index in [4.69, 9.17) is 0 Å². The van der Waals surface area contributed by atoms with E-state index in [0.717, 1.165) is 24.9 Å². The van der Waals surface area contributed by atoms with Gasteiger partial charge in [0.25, 0.3) is 0 Å². The highest BCUT2D eigenvalue weighted by Gasteiger charge is 2.22. The summed E-state index contributed by atoms with van der Waals surface area (Å²) in [4.78, 5) is 2.25. The van der Waals surface area contributed by atoms with E-state index in [1.807, 2.05) is 30.3 Å². The Kier molecular flexibility index (Phi) is 5.50. The van der Waals surface area contributed by atoms with Crippen LogP contribution in [0.3, 0.4) is 0 Å². The molecule has 0 aromatic heterocycles. The van der Waals surface area contributed by atoms with E-state index in [1.165, 1.54) is 0 Å². The molecule has 0 saturated heterocycles. The topological polar surface area (TPSA) is 23.5 Å². The van der Waals surface area contributed by atoms with Crippen molar-refractivity contribution in [3.8, 4) is 0 Å². The van der Waals surface area contributed by atoms with Crippen molar-refractivity contribution in [3.05, 3.63) is 35.9 Å². The summed E-state index contributed by atoms with van der Waals surface area (Å²) in [5, 5.41) is 10.3. The molecule has 1 aromatic rings. The fourth-order valence-electron chi connectivity index (χ4n) is 2.17. The highest BCUT2D eigenvalue weighted by molar-refractivity contribution is 5.18. The number of benzene rings is 1.